The molecule has 0 fully saturated rings. The summed E-state index contributed by atoms with van der Waals surface area (Å²) in [6.45, 7) is 6.20. The maximum atomic E-state index is 10.7. The molecule has 0 spiro atoms. The Bertz CT molecular complexity index is 388. The van der Waals surface area contributed by atoms with E-state index in [2.05, 4.69) is 5.32 Å². The van der Waals surface area contributed by atoms with E-state index in [0.29, 0.717) is 6.61 Å². The van der Waals surface area contributed by atoms with Gasteiger partial charge in [0.25, 0.3) is 0 Å². The van der Waals surface area contributed by atoms with Crippen LogP contribution in [0.1, 0.15) is 27.2 Å². The zero-order chi connectivity index (χ0) is 12.9. The number of para-hydroxylation sites is 2. The lowest BCUT2D eigenvalue weighted by atomic mass is 10.0. The summed E-state index contributed by atoms with van der Waals surface area (Å²) in [7, 11) is 0. The molecular formula is C13H19NO3. The molecule has 0 heterocycles. The molecule has 0 aliphatic heterocycles. The lowest BCUT2D eigenvalue weighted by Crippen LogP contribution is -2.33. The van der Waals surface area contributed by atoms with Gasteiger partial charge < -0.3 is 15.2 Å². The summed E-state index contributed by atoms with van der Waals surface area (Å²) < 4.78 is 5.48. The minimum atomic E-state index is -0.823. The van der Waals surface area contributed by atoms with Gasteiger partial charge in [-0.1, -0.05) is 12.1 Å². The van der Waals surface area contributed by atoms with Crippen LogP contribution in [0.5, 0.6) is 5.75 Å². The van der Waals surface area contributed by atoms with E-state index in [9.17, 15) is 4.79 Å². The molecule has 0 saturated heterocycles. The Hall–Kier alpha value is -1.71. The molecule has 0 amide bonds. The molecule has 94 valence electrons. The van der Waals surface area contributed by atoms with Crippen molar-refractivity contribution in [2.24, 2.45) is 0 Å². The van der Waals surface area contributed by atoms with E-state index in [0.717, 1.165) is 11.4 Å². The van der Waals surface area contributed by atoms with Gasteiger partial charge in [0.15, 0.2) is 0 Å². The van der Waals surface area contributed by atoms with Gasteiger partial charge in [0, 0.05) is 5.54 Å². The summed E-state index contributed by atoms with van der Waals surface area (Å²) in [4.78, 5) is 10.7. The van der Waals surface area contributed by atoms with Crippen LogP contribution in [0, 0.1) is 0 Å². The average Bonchev–Trinajstić information content (AvgIpc) is 2.18. The molecule has 1 aromatic rings. The summed E-state index contributed by atoms with van der Waals surface area (Å²) in [6.07, 6.45) is 0.0491. The fourth-order valence-electron chi connectivity index (χ4n) is 1.64. The Labute approximate surface area is 102 Å². The van der Waals surface area contributed by atoms with Gasteiger partial charge in [-0.05, 0) is 32.9 Å². The highest BCUT2D eigenvalue weighted by Gasteiger charge is 2.22. The highest BCUT2D eigenvalue weighted by molar-refractivity contribution is 5.70. The van der Waals surface area contributed by atoms with E-state index in [4.69, 9.17) is 9.84 Å². The van der Waals surface area contributed by atoms with Gasteiger partial charge in [0.1, 0.15) is 5.75 Å². The number of hydrogen-bond donors (Lipinski definition) is 2. The normalized spacial score (nSPS) is 11.0. The predicted molar refractivity (Wildman–Crippen MR) is 67.6 cm³/mol. The topological polar surface area (TPSA) is 58.6 Å². The van der Waals surface area contributed by atoms with Gasteiger partial charge in [-0.25, -0.2) is 0 Å². The first-order valence-corrected chi connectivity index (χ1v) is 5.66. The third-order valence-electron chi connectivity index (χ3n) is 2.25. The Kier molecular flexibility index (Phi) is 4.37. The van der Waals surface area contributed by atoms with Gasteiger partial charge >= 0.3 is 5.97 Å². The SMILES string of the molecule is CCOc1ccccc1NC(C)(C)CC(=O)O. The number of benzene rings is 1. The number of rotatable bonds is 6. The fraction of sp³-hybridized carbons (Fsp3) is 0.462. The van der Waals surface area contributed by atoms with E-state index in [-0.39, 0.29) is 6.42 Å². The van der Waals surface area contributed by atoms with Gasteiger partial charge in [-0.2, -0.15) is 0 Å². The van der Waals surface area contributed by atoms with E-state index in [1.54, 1.807) is 0 Å². The van der Waals surface area contributed by atoms with Crippen molar-refractivity contribution in [2.45, 2.75) is 32.7 Å². The van der Waals surface area contributed by atoms with Crippen molar-refractivity contribution < 1.29 is 14.6 Å². The zero-order valence-corrected chi connectivity index (χ0v) is 10.5. The predicted octanol–water partition coefficient (Wildman–Crippen LogP) is 2.75. The number of hydrogen-bond acceptors (Lipinski definition) is 3. The summed E-state index contributed by atoms with van der Waals surface area (Å²) in [5, 5.41) is 12.0. The summed E-state index contributed by atoms with van der Waals surface area (Å²) in [6, 6.07) is 7.53. The van der Waals surface area contributed by atoms with Gasteiger partial charge in [-0.3, -0.25) is 4.79 Å². The van der Waals surface area contributed by atoms with Crippen LogP contribution in [0.4, 0.5) is 5.69 Å². The number of aliphatic carboxylic acids is 1. The van der Waals surface area contributed by atoms with Crippen LogP contribution >= 0.6 is 0 Å². The first kappa shape index (κ1) is 13.4. The number of nitrogens with one attached hydrogen (secondary N) is 1. The van der Waals surface area contributed by atoms with Crippen LogP contribution in [0.15, 0.2) is 24.3 Å². The minimum Gasteiger partial charge on any atom is -0.492 e. The molecule has 4 nitrogen and oxygen atoms in total. The van der Waals surface area contributed by atoms with Crippen molar-refractivity contribution in [2.75, 3.05) is 11.9 Å². The van der Waals surface area contributed by atoms with E-state index >= 15 is 0 Å². The maximum absolute atomic E-state index is 10.7. The number of anilines is 1. The van der Waals surface area contributed by atoms with Crippen molar-refractivity contribution in [1.29, 1.82) is 0 Å². The van der Waals surface area contributed by atoms with Crippen LogP contribution in [0.2, 0.25) is 0 Å². The molecule has 0 unspecified atom stereocenters. The maximum Gasteiger partial charge on any atom is 0.305 e. The lowest BCUT2D eigenvalue weighted by Gasteiger charge is -2.26. The fourth-order valence-corrected chi connectivity index (χ4v) is 1.64. The Morgan fingerprint density at radius 2 is 2.06 bits per heavy atom. The molecule has 0 bridgehead atoms. The number of carboxylic acids is 1. The van der Waals surface area contributed by atoms with Crippen molar-refractivity contribution in [3.8, 4) is 5.75 Å². The van der Waals surface area contributed by atoms with Crippen LogP contribution in [0.25, 0.3) is 0 Å². The van der Waals surface area contributed by atoms with Gasteiger partial charge in [0.2, 0.25) is 0 Å². The largest absolute Gasteiger partial charge is 0.492 e. The molecule has 17 heavy (non-hydrogen) atoms. The molecular weight excluding hydrogens is 218 g/mol. The Balaban J connectivity index is 2.82. The van der Waals surface area contributed by atoms with Crippen LogP contribution < -0.4 is 10.1 Å². The van der Waals surface area contributed by atoms with Crippen molar-refractivity contribution in [3.63, 3.8) is 0 Å². The van der Waals surface area contributed by atoms with Gasteiger partial charge in [-0.15, -0.1) is 0 Å². The van der Waals surface area contributed by atoms with Crippen molar-refractivity contribution in [1.82, 2.24) is 0 Å². The van der Waals surface area contributed by atoms with Crippen molar-refractivity contribution in [3.05, 3.63) is 24.3 Å². The Morgan fingerprint density at radius 1 is 1.41 bits per heavy atom. The lowest BCUT2D eigenvalue weighted by molar-refractivity contribution is -0.137. The average molecular weight is 237 g/mol. The van der Waals surface area contributed by atoms with Crippen LogP contribution in [-0.2, 0) is 4.79 Å². The second-order valence-corrected chi connectivity index (χ2v) is 4.51. The molecule has 0 aliphatic carbocycles. The molecule has 2 N–H and O–H groups in total. The van der Waals surface area contributed by atoms with E-state index in [1.807, 2.05) is 45.0 Å². The van der Waals surface area contributed by atoms with Crippen LogP contribution in [-0.4, -0.2) is 23.2 Å². The third-order valence-corrected chi connectivity index (χ3v) is 2.25. The molecule has 4 heteroatoms. The molecule has 0 saturated carbocycles. The molecule has 0 radical (unpaired) electrons. The highest BCUT2D eigenvalue weighted by Crippen LogP contribution is 2.27. The van der Waals surface area contributed by atoms with E-state index < -0.39 is 11.5 Å². The minimum absolute atomic E-state index is 0.0491. The molecule has 1 rings (SSSR count). The molecule has 1 aromatic carbocycles. The molecule has 0 aromatic heterocycles. The quantitative estimate of drug-likeness (QED) is 0.798. The second-order valence-electron chi connectivity index (χ2n) is 4.51. The van der Waals surface area contributed by atoms with E-state index in [1.165, 1.54) is 0 Å². The first-order chi connectivity index (χ1) is 7.94. The number of carboxylic acid groups (broad SMARTS) is 1. The van der Waals surface area contributed by atoms with Gasteiger partial charge in [0.05, 0.1) is 18.7 Å². The van der Waals surface area contributed by atoms with Crippen LogP contribution in [0.3, 0.4) is 0 Å². The van der Waals surface area contributed by atoms with Crippen molar-refractivity contribution >= 4 is 11.7 Å². The Morgan fingerprint density at radius 3 is 2.65 bits per heavy atom. The highest BCUT2D eigenvalue weighted by atomic mass is 16.5. The summed E-state index contributed by atoms with van der Waals surface area (Å²) in [5.41, 5.74) is 0.305. The summed E-state index contributed by atoms with van der Waals surface area (Å²) in [5.74, 6) is -0.0788. The zero-order valence-electron chi connectivity index (χ0n) is 10.5. The molecule has 0 aliphatic rings. The standard InChI is InChI=1S/C13H19NO3/c1-4-17-11-8-6-5-7-10(11)14-13(2,3)9-12(15)16/h5-8,14H,4,9H2,1-3H3,(H,15,16). The summed E-state index contributed by atoms with van der Waals surface area (Å²) >= 11 is 0. The smallest absolute Gasteiger partial charge is 0.305 e. The number of ether oxygens (including phenoxy) is 1. The number of carbonyl (C=O) groups is 1. The second kappa shape index (κ2) is 5.57. The first-order valence-electron chi connectivity index (χ1n) is 5.66. The molecule has 0 atom stereocenters. The third kappa shape index (κ3) is 4.34. The monoisotopic (exact) mass is 237 g/mol.